The van der Waals surface area contributed by atoms with Crippen LogP contribution in [0.25, 0.3) is 0 Å². The number of nitrogens with zero attached hydrogens (tertiary/aromatic N) is 1. The molecule has 17 heavy (non-hydrogen) atoms. The summed E-state index contributed by atoms with van der Waals surface area (Å²) in [5.74, 6) is 0.774. The number of hydrogen-bond acceptors (Lipinski definition) is 4. The Kier molecular flexibility index (Phi) is 8.27. The second-order valence-electron chi connectivity index (χ2n) is 5.11. The molecule has 0 atom stereocenters. The molecule has 0 amide bonds. The molecule has 3 nitrogen and oxygen atoms in total. The van der Waals surface area contributed by atoms with Crippen molar-refractivity contribution in [2.75, 3.05) is 39.1 Å². The Morgan fingerprint density at radius 3 is 2.53 bits per heavy atom. The van der Waals surface area contributed by atoms with Crippen LogP contribution in [0.15, 0.2) is 0 Å². The largest absolute Gasteiger partial charge is 0.378 e. The zero-order chi connectivity index (χ0) is 12.5. The molecule has 1 aliphatic rings. The van der Waals surface area contributed by atoms with Crippen LogP contribution < -0.4 is 0 Å². The zero-order valence-corrected chi connectivity index (χ0v) is 12.3. The Balaban J connectivity index is 1.99. The van der Waals surface area contributed by atoms with Gasteiger partial charge in [-0.25, -0.2) is 0 Å². The highest BCUT2D eigenvalue weighted by atomic mass is 32.2. The maximum absolute atomic E-state index is 5.87. The molecule has 1 saturated heterocycles. The SMILES string of the molecule is CSOCCCOC1CCN(CC(C)C)CC1. The fourth-order valence-corrected chi connectivity index (χ4v) is 2.51. The van der Waals surface area contributed by atoms with Gasteiger partial charge in [0.25, 0.3) is 0 Å². The van der Waals surface area contributed by atoms with Gasteiger partial charge in [-0.3, -0.25) is 0 Å². The van der Waals surface area contributed by atoms with E-state index in [1.54, 1.807) is 0 Å². The fourth-order valence-electron chi connectivity index (χ4n) is 2.23. The number of piperidine rings is 1. The molecule has 1 fully saturated rings. The molecule has 1 heterocycles. The van der Waals surface area contributed by atoms with Gasteiger partial charge in [0.15, 0.2) is 0 Å². The summed E-state index contributed by atoms with van der Waals surface area (Å²) >= 11 is 1.43. The molecule has 102 valence electrons. The molecule has 0 aromatic rings. The van der Waals surface area contributed by atoms with Crippen LogP contribution in [0.2, 0.25) is 0 Å². The lowest BCUT2D eigenvalue weighted by Crippen LogP contribution is -2.39. The van der Waals surface area contributed by atoms with E-state index in [1.165, 1.54) is 44.5 Å². The van der Waals surface area contributed by atoms with Gasteiger partial charge in [-0.1, -0.05) is 13.8 Å². The third-order valence-electron chi connectivity index (χ3n) is 3.00. The van der Waals surface area contributed by atoms with E-state index in [4.69, 9.17) is 8.92 Å². The van der Waals surface area contributed by atoms with E-state index in [2.05, 4.69) is 18.7 Å². The number of hydrogen-bond donors (Lipinski definition) is 0. The van der Waals surface area contributed by atoms with Crippen molar-refractivity contribution in [2.45, 2.75) is 39.2 Å². The second kappa shape index (κ2) is 9.20. The molecular formula is C13H27NO2S. The summed E-state index contributed by atoms with van der Waals surface area (Å²) in [5, 5.41) is 0. The summed E-state index contributed by atoms with van der Waals surface area (Å²) in [7, 11) is 0. The minimum absolute atomic E-state index is 0.479. The van der Waals surface area contributed by atoms with Crippen LogP contribution in [0.4, 0.5) is 0 Å². The fraction of sp³-hybridized carbons (Fsp3) is 1.00. The van der Waals surface area contributed by atoms with Gasteiger partial charge >= 0.3 is 0 Å². The van der Waals surface area contributed by atoms with E-state index in [0.717, 1.165) is 25.6 Å². The maximum Gasteiger partial charge on any atom is 0.0635 e. The van der Waals surface area contributed by atoms with Gasteiger partial charge in [-0.15, -0.1) is 0 Å². The van der Waals surface area contributed by atoms with Crippen molar-refractivity contribution in [3.63, 3.8) is 0 Å². The smallest absolute Gasteiger partial charge is 0.0635 e. The van der Waals surface area contributed by atoms with E-state index in [1.807, 2.05) is 6.26 Å². The van der Waals surface area contributed by atoms with E-state index < -0.39 is 0 Å². The van der Waals surface area contributed by atoms with Crippen LogP contribution in [0, 0.1) is 5.92 Å². The molecule has 1 aliphatic heterocycles. The van der Waals surface area contributed by atoms with Crippen molar-refractivity contribution in [2.24, 2.45) is 5.92 Å². The van der Waals surface area contributed by atoms with Crippen molar-refractivity contribution in [1.29, 1.82) is 0 Å². The molecule has 1 rings (SSSR count). The monoisotopic (exact) mass is 261 g/mol. The first kappa shape index (κ1) is 15.3. The van der Waals surface area contributed by atoms with E-state index in [-0.39, 0.29) is 0 Å². The molecule has 0 unspecified atom stereocenters. The third-order valence-corrected chi connectivity index (χ3v) is 3.40. The normalized spacial score (nSPS) is 19.1. The molecule has 0 saturated carbocycles. The Morgan fingerprint density at radius 1 is 1.24 bits per heavy atom. The lowest BCUT2D eigenvalue weighted by atomic mass is 10.1. The molecule has 4 heteroatoms. The molecule has 0 aromatic heterocycles. The van der Waals surface area contributed by atoms with Gasteiger partial charge in [0.05, 0.1) is 12.7 Å². The molecule has 0 aliphatic carbocycles. The third kappa shape index (κ3) is 7.29. The molecule has 0 bridgehead atoms. The average Bonchev–Trinajstić information content (AvgIpc) is 2.30. The minimum atomic E-state index is 0.479. The summed E-state index contributed by atoms with van der Waals surface area (Å²) in [4.78, 5) is 2.56. The van der Waals surface area contributed by atoms with E-state index in [9.17, 15) is 0 Å². The summed E-state index contributed by atoms with van der Waals surface area (Å²) < 4.78 is 11.1. The predicted molar refractivity (Wildman–Crippen MR) is 74.3 cm³/mol. The highest BCUT2D eigenvalue weighted by Crippen LogP contribution is 2.15. The van der Waals surface area contributed by atoms with Gasteiger partial charge in [-0.05, 0) is 37.2 Å². The summed E-state index contributed by atoms with van der Waals surface area (Å²) in [6.07, 6.45) is 5.82. The van der Waals surface area contributed by atoms with Crippen LogP contribution in [-0.4, -0.2) is 50.1 Å². The Morgan fingerprint density at radius 2 is 1.94 bits per heavy atom. The van der Waals surface area contributed by atoms with Crippen molar-refractivity contribution in [1.82, 2.24) is 4.90 Å². The quantitative estimate of drug-likeness (QED) is 0.495. The van der Waals surface area contributed by atoms with Gasteiger partial charge in [0.1, 0.15) is 0 Å². The number of rotatable bonds is 8. The van der Waals surface area contributed by atoms with Crippen molar-refractivity contribution >= 4 is 12.0 Å². The standard InChI is InChI=1S/C13H27NO2S/c1-12(2)11-14-7-5-13(6-8-14)15-9-4-10-16-17-3/h12-13H,4-11H2,1-3H3. The maximum atomic E-state index is 5.87. The van der Waals surface area contributed by atoms with Crippen molar-refractivity contribution < 1.29 is 8.92 Å². The van der Waals surface area contributed by atoms with Crippen LogP contribution in [0.5, 0.6) is 0 Å². The second-order valence-corrected chi connectivity index (χ2v) is 5.68. The van der Waals surface area contributed by atoms with Gasteiger partial charge in [-0.2, -0.15) is 0 Å². The predicted octanol–water partition coefficient (Wildman–Crippen LogP) is 2.81. The van der Waals surface area contributed by atoms with Crippen LogP contribution >= 0.6 is 12.0 Å². The Hall–Kier alpha value is 0.230. The molecule has 0 N–H and O–H groups in total. The molecule has 0 aromatic carbocycles. The molecular weight excluding hydrogens is 234 g/mol. The first-order chi connectivity index (χ1) is 8.22. The average molecular weight is 261 g/mol. The zero-order valence-electron chi connectivity index (χ0n) is 11.5. The minimum Gasteiger partial charge on any atom is -0.378 e. The van der Waals surface area contributed by atoms with Gasteiger partial charge < -0.3 is 13.8 Å². The first-order valence-electron chi connectivity index (χ1n) is 6.72. The van der Waals surface area contributed by atoms with Crippen molar-refractivity contribution in [3.8, 4) is 0 Å². The molecule has 0 radical (unpaired) electrons. The van der Waals surface area contributed by atoms with Crippen LogP contribution in [-0.2, 0) is 8.92 Å². The highest BCUT2D eigenvalue weighted by molar-refractivity contribution is 7.93. The highest BCUT2D eigenvalue weighted by Gasteiger charge is 2.19. The Labute approximate surface area is 110 Å². The van der Waals surface area contributed by atoms with Crippen LogP contribution in [0.1, 0.15) is 33.1 Å². The van der Waals surface area contributed by atoms with E-state index in [0.29, 0.717) is 6.10 Å². The number of likely N-dealkylation sites (tertiary alicyclic amines) is 1. The van der Waals surface area contributed by atoms with E-state index >= 15 is 0 Å². The lowest BCUT2D eigenvalue weighted by Gasteiger charge is -2.32. The Bertz CT molecular complexity index is 182. The molecule has 0 spiro atoms. The summed E-state index contributed by atoms with van der Waals surface area (Å²) in [6, 6.07) is 0. The van der Waals surface area contributed by atoms with Gasteiger partial charge in [0.2, 0.25) is 0 Å². The van der Waals surface area contributed by atoms with Crippen LogP contribution in [0.3, 0.4) is 0 Å². The topological polar surface area (TPSA) is 21.7 Å². The lowest BCUT2D eigenvalue weighted by molar-refractivity contribution is 0.00188. The van der Waals surface area contributed by atoms with Gasteiger partial charge in [0, 0.05) is 32.5 Å². The first-order valence-corrected chi connectivity index (χ1v) is 7.87. The summed E-state index contributed by atoms with van der Waals surface area (Å²) in [5.41, 5.74) is 0. The summed E-state index contributed by atoms with van der Waals surface area (Å²) in [6.45, 7) is 9.84. The number of ether oxygens (including phenoxy) is 1. The van der Waals surface area contributed by atoms with Crippen molar-refractivity contribution in [3.05, 3.63) is 0 Å².